The van der Waals surface area contributed by atoms with Crippen molar-refractivity contribution in [1.29, 1.82) is 0 Å². The molecule has 16 heavy (non-hydrogen) atoms. The topological polar surface area (TPSA) is 9.23 Å². The molecular weight excluding hydrogens is 196 g/mol. The van der Waals surface area contributed by atoms with E-state index in [1.165, 1.54) is 16.7 Å². The molecule has 1 nitrogen and oxygen atoms in total. The lowest BCUT2D eigenvalue weighted by Gasteiger charge is -2.06. The molecule has 0 atom stereocenters. The molecule has 0 fully saturated rings. The van der Waals surface area contributed by atoms with Gasteiger partial charge in [-0.1, -0.05) is 36.4 Å². The molecule has 2 aromatic carbocycles. The van der Waals surface area contributed by atoms with E-state index in [9.17, 15) is 0 Å². The summed E-state index contributed by atoms with van der Waals surface area (Å²) < 4.78 is 5.22. The molecule has 0 aromatic heterocycles. The van der Waals surface area contributed by atoms with Crippen molar-refractivity contribution >= 4 is 0 Å². The second kappa shape index (κ2) is 4.84. The van der Waals surface area contributed by atoms with E-state index in [0.29, 0.717) is 0 Å². The van der Waals surface area contributed by atoms with E-state index in [4.69, 9.17) is 4.74 Å². The van der Waals surface area contributed by atoms with Crippen LogP contribution in [0, 0.1) is 13.0 Å². The molecule has 2 rings (SSSR count). The Morgan fingerprint density at radius 1 is 1.12 bits per heavy atom. The molecule has 1 heteroatoms. The van der Waals surface area contributed by atoms with Gasteiger partial charge in [0.15, 0.2) is 0 Å². The summed E-state index contributed by atoms with van der Waals surface area (Å²) in [7, 11) is 1.68. The fraction of sp³-hybridized carbons (Fsp3) is 0.200. The maximum Gasteiger partial charge on any atom is 0.127 e. The third kappa shape index (κ3) is 2.63. The summed E-state index contributed by atoms with van der Waals surface area (Å²) in [5, 5.41) is 0. The summed E-state index contributed by atoms with van der Waals surface area (Å²) >= 11 is 0. The van der Waals surface area contributed by atoms with Gasteiger partial charge in [-0.25, -0.2) is 0 Å². The number of hydrogen-bond acceptors (Lipinski definition) is 1. The monoisotopic (exact) mass is 211 g/mol. The SMILES string of the molecule is COc1[c]c(Cc2ccccc2)cc(C)c1. The highest BCUT2D eigenvalue weighted by atomic mass is 16.5. The molecule has 0 heterocycles. The van der Waals surface area contributed by atoms with Gasteiger partial charge < -0.3 is 4.74 Å². The zero-order chi connectivity index (χ0) is 11.4. The fourth-order valence-electron chi connectivity index (χ4n) is 1.77. The second-order valence-corrected chi connectivity index (χ2v) is 3.91. The summed E-state index contributed by atoms with van der Waals surface area (Å²) in [5.74, 6) is 0.811. The minimum absolute atomic E-state index is 0.811. The van der Waals surface area contributed by atoms with Crippen LogP contribution in [0.25, 0.3) is 0 Å². The summed E-state index contributed by atoms with van der Waals surface area (Å²) in [5.41, 5.74) is 3.68. The van der Waals surface area contributed by atoms with Gasteiger partial charge >= 0.3 is 0 Å². The van der Waals surface area contributed by atoms with Crippen LogP contribution in [0.1, 0.15) is 16.7 Å². The van der Waals surface area contributed by atoms with Crippen LogP contribution in [0.2, 0.25) is 0 Å². The van der Waals surface area contributed by atoms with Gasteiger partial charge in [0.1, 0.15) is 5.75 Å². The predicted octanol–water partition coefficient (Wildman–Crippen LogP) is 3.39. The number of rotatable bonds is 3. The van der Waals surface area contributed by atoms with Gasteiger partial charge in [-0.2, -0.15) is 0 Å². The van der Waals surface area contributed by atoms with Crippen LogP contribution in [-0.2, 0) is 6.42 Å². The van der Waals surface area contributed by atoms with E-state index < -0.39 is 0 Å². The van der Waals surface area contributed by atoms with Crippen LogP contribution in [0.5, 0.6) is 5.75 Å². The fourth-order valence-corrected chi connectivity index (χ4v) is 1.77. The summed E-state index contributed by atoms with van der Waals surface area (Å²) in [6.45, 7) is 2.07. The molecular formula is C15H15O. The summed E-state index contributed by atoms with van der Waals surface area (Å²) in [6.07, 6.45) is 0.902. The first kappa shape index (κ1) is 10.7. The van der Waals surface area contributed by atoms with Gasteiger partial charge in [-0.05, 0) is 36.1 Å². The largest absolute Gasteiger partial charge is 0.496 e. The molecule has 0 unspecified atom stereocenters. The zero-order valence-electron chi connectivity index (χ0n) is 9.66. The van der Waals surface area contributed by atoms with E-state index in [1.807, 2.05) is 12.1 Å². The Morgan fingerprint density at radius 3 is 2.56 bits per heavy atom. The summed E-state index contributed by atoms with van der Waals surface area (Å²) in [6, 6.07) is 17.8. The van der Waals surface area contributed by atoms with Crippen LogP contribution >= 0.6 is 0 Å². The molecule has 0 amide bonds. The van der Waals surface area contributed by atoms with Crippen LogP contribution < -0.4 is 4.74 Å². The van der Waals surface area contributed by atoms with Crippen LogP contribution in [0.15, 0.2) is 42.5 Å². The molecule has 0 saturated heterocycles. The van der Waals surface area contributed by atoms with E-state index in [1.54, 1.807) is 7.11 Å². The molecule has 0 saturated carbocycles. The van der Waals surface area contributed by atoms with Crippen molar-refractivity contribution in [2.75, 3.05) is 7.11 Å². The second-order valence-electron chi connectivity index (χ2n) is 3.91. The first-order valence-electron chi connectivity index (χ1n) is 5.38. The first-order valence-corrected chi connectivity index (χ1v) is 5.38. The van der Waals surface area contributed by atoms with Gasteiger partial charge in [-0.15, -0.1) is 0 Å². The minimum Gasteiger partial charge on any atom is -0.496 e. The average molecular weight is 211 g/mol. The maximum absolute atomic E-state index is 5.22. The van der Waals surface area contributed by atoms with Gasteiger partial charge in [0.25, 0.3) is 0 Å². The number of aryl methyl sites for hydroxylation is 1. The van der Waals surface area contributed by atoms with Crippen molar-refractivity contribution in [2.45, 2.75) is 13.3 Å². The highest BCUT2D eigenvalue weighted by Gasteiger charge is 2.00. The molecule has 2 aromatic rings. The first-order chi connectivity index (χ1) is 7.78. The average Bonchev–Trinajstić information content (AvgIpc) is 2.29. The van der Waals surface area contributed by atoms with Crippen LogP contribution in [0.3, 0.4) is 0 Å². The standard InChI is InChI=1S/C15H15O/c1-12-8-14(11-15(9-12)16-2)10-13-6-4-3-5-7-13/h3-9H,10H2,1-2H3. The van der Waals surface area contributed by atoms with Crippen molar-refractivity contribution < 1.29 is 4.74 Å². The third-order valence-electron chi connectivity index (χ3n) is 2.50. The Bertz CT molecular complexity index is 460. The Balaban J connectivity index is 2.24. The number of hydrogen-bond donors (Lipinski definition) is 0. The number of ether oxygens (including phenoxy) is 1. The van der Waals surface area contributed by atoms with Crippen LogP contribution in [-0.4, -0.2) is 7.11 Å². The Kier molecular flexibility index (Phi) is 3.25. The molecule has 0 bridgehead atoms. The maximum atomic E-state index is 5.22. The van der Waals surface area contributed by atoms with Gasteiger partial charge in [0.05, 0.1) is 7.11 Å². The van der Waals surface area contributed by atoms with Crippen molar-refractivity contribution in [1.82, 2.24) is 0 Å². The van der Waals surface area contributed by atoms with Crippen molar-refractivity contribution in [3.63, 3.8) is 0 Å². The predicted molar refractivity (Wildman–Crippen MR) is 65.8 cm³/mol. The molecule has 0 aliphatic carbocycles. The molecule has 0 N–H and O–H groups in total. The van der Waals surface area contributed by atoms with E-state index in [-0.39, 0.29) is 0 Å². The highest BCUT2D eigenvalue weighted by Crippen LogP contribution is 2.18. The Hall–Kier alpha value is -1.76. The number of methoxy groups -OCH3 is 1. The quantitative estimate of drug-likeness (QED) is 0.756. The third-order valence-corrected chi connectivity index (χ3v) is 2.50. The minimum atomic E-state index is 0.811. The van der Waals surface area contributed by atoms with Crippen LogP contribution in [0.4, 0.5) is 0 Å². The smallest absolute Gasteiger partial charge is 0.127 e. The van der Waals surface area contributed by atoms with Crippen molar-refractivity contribution in [2.24, 2.45) is 0 Å². The molecule has 0 aliphatic rings. The van der Waals surface area contributed by atoms with Crippen molar-refractivity contribution in [3.05, 3.63) is 65.2 Å². The summed E-state index contributed by atoms with van der Waals surface area (Å²) in [4.78, 5) is 0. The molecule has 1 radical (unpaired) electrons. The zero-order valence-corrected chi connectivity index (χ0v) is 9.66. The lowest BCUT2D eigenvalue weighted by atomic mass is 10.0. The van der Waals surface area contributed by atoms with E-state index in [0.717, 1.165) is 12.2 Å². The van der Waals surface area contributed by atoms with Gasteiger partial charge in [0.2, 0.25) is 0 Å². The molecule has 81 valence electrons. The normalized spacial score (nSPS) is 10.1. The van der Waals surface area contributed by atoms with Gasteiger partial charge in [0, 0.05) is 6.07 Å². The molecule has 0 aliphatic heterocycles. The molecule has 0 spiro atoms. The number of benzene rings is 2. The van der Waals surface area contributed by atoms with Crippen molar-refractivity contribution in [3.8, 4) is 5.75 Å². The van der Waals surface area contributed by atoms with Gasteiger partial charge in [-0.3, -0.25) is 0 Å². The van der Waals surface area contributed by atoms with E-state index in [2.05, 4.69) is 43.3 Å². The van der Waals surface area contributed by atoms with E-state index >= 15 is 0 Å². The highest BCUT2D eigenvalue weighted by molar-refractivity contribution is 5.35. The Morgan fingerprint density at radius 2 is 1.88 bits per heavy atom. The lowest BCUT2D eigenvalue weighted by molar-refractivity contribution is 0.413. The Labute approximate surface area is 96.7 Å². The lowest BCUT2D eigenvalue weighted by Crippen LogP contribution is -1.92.